The van der Waals surface area contributed by atoms with Crippen molar-refractivity contribution in [2.75, 3.05) is 11.9 Å². The first-order chi connectivity index (χ1) is 13.5. The molecule has 0 bridgehead atoms. The summed E-state index contributed by atoms with van der Waals surface area (Å²) in [5, 5.41) is 9.53. The minimum atomic E-state index is -0.524. The van der Waals surface area contributed by atoms with Crippen LogP contribution in [0.5, 0.6) is 0 Å². The number of benzene rings is 1. The molecule has 2 heterocycles. The van der Waals surface area contributed by atoms with Crippen molar-refractivity contribution in [2.24, 2.45) is 0 Å². The Morgan fingerprint density at radius 3 is 2.82 bits per heavy atom. The zero-order valence-corrected chi connectivity index (χ0v) is 15.5. The molecule has 0 aliphatic heterocycles. The Morgan fingerprint density at radius 1 is 1.21 bits per heavy atom. The maximum atomic E-state index is 13.0. The van der Waals surface area contributed by atoms with E-state index >= 15 is 0 Å². The fraction of sp³-hybridized carbons (Fsp3) is 0.158. The van der Waals surface area contributed by atoms with Gasteiger partial charge in [-0.05, 0) is 29.8 Å². The molecule has 3 aromatic rings. The molecule has 28 heavy (non-hydrogen) atoms. The number of halogens is 2. The molecular weight excluding hydrogens is 385 g/mol. The molecule has 0 fully saturated rings. The van der Waals surface area contributed by atoms with Crippen LogP contribution in [-0.2, 0) is 11.3 Å². The van der Waals surface area contributed by atoms with Crippen LogP contribution in [-0.4, -0.2) is 33.1 Å². The van der Waals surface area contributed by atoms with E-state index in [9.17, 15) is 14.0 Å². The standard InChI is InChI=1S/C19H17ClFN5O2/c20-16-10-14(21)3-4-15(16)19(28)23-8-5-18(27)24-17-6-9-26(25-17)12-13-2-1-7-22-11-13/h1-4,6-7,9-11H,5,8,12H2,(H,23,28)(H,24,25,27). The van der Waals surface area contributed by atoms with E-state index < -0.39 is 11.7 Å². The van der Waals surface area contributed by atoms with Gasteiger partial charge in [0.1, 0.15) is 5.82 Å². The van der Waals surface area contributed by atoms with Crippen LogP contribution < -0.4 is 10.6 Å². The van der Waals surface area contributed by atoms with Crippen LogP contribution >= 0.6 is 11.6 Å². The second-order valence-electron chi connectivity index (χ2n) is 5.94. The summed E-state index contributed by atoms with van der Waals surface area (Å²) in [4.78, 5) is 28.1. The van der Waals surface area contributed by atoms with Gasteiger partial charge in [0.2, 0.25) is 5.91 Å². The quantitative estimate of drug-likeness (QED) is 0.637. The number of carbonyl (C=O) groups is 2. The molecule has 0 aliphatic rings. The number of amides is 2. The molecule has 1 aromatic carbocycles. The van der Waals surface area contributed by atoms with Gasteiger partial charge in [-0.25, -0.2) is 4.39 Å². The maximum absolute atomic E-state index is 13.0. The molecule has 2 N–H and O–H groups in total. The van der Waals surface area contributed by atoms with Gasteiger partial charge < -0.3 is 10.6 Å². The zero-order chi connectivity index (χ0) is 19.9. The summed E-state index contributed by atoms with van der Waals surface area (Å²) in [7, 11) is 0. The molecule has 0 radical (unpaired) electrons. The summed E-state index contributed by atoms with van der Waals surface area (Å²) in [6.07, 6.45) is 5.25. The van der Waals surface area contributed by atoms with Crippen molar-refractivity contribution in [3.05, 3.63) is 77.0 Å². The van der Waals surface area contributed by atoms with Crippen LogP contribution in [0.3, 0.4) is 0 Å². The molecular formula is C19H17ClFN5O2. The minimum absolute atomic E-state index is 0.0149. The Balaban J connectivity index is 1.45. The van der Waals surface area contributed by atoms with Crippen LogP contribution in [0.1, 0.15) is 22.3 Å². The first kappa shape index (κ1) is 19.5. The molecule has 3 rings (SSSR count). The lowest BCUT2D eigenvalue weighted by atomic mass is 10.2. The molecule has 2 aromatic heterocycles. The van der Waals surface area contributed by atoms with E-state index in [4.69, 9.17) is 11.6 Å². The number of hydrogen-bond donors (Lipinski definition) is 2. The van der Waals surface area contributed by atoms with Gasteiger partial charge in [0.15, 0.2) is 5.82 Å². The molecule has 7 nitrogen and oxygen atoms in total. The zero-order valence-electron chi connectivity index (χ0n) is 14.7. The molecule has 0 atom stereocenters. The second-order valence-corrected chi connectivity index (χ2v) is 6.35. The van der Waals surface area contributed by atoms with E-state index in [2.05, 4.69) is 20.7 Å². The lowest BCUT2D eigenvalue weighted by Gasteiger charge is -2.07. The van der Waals surface area contributed by atoms with Crippen LogP contribution in [0, 0.1) is 5.82 Å². The van der Waals surface area contributed by atoms with Gasteiger partial charge in [-0.3, -0.25) is 19.3 Å². The fourth-order valence-electron chi connectivity index (χ4n) is 2.46. The van der Waals surface area contributed by atoms with E-state index in [-0.39, 0.29) is 29.5 Å². The van der Waals surface area contributed by atoms with Crippen molar-refractivity contribution < 1.29 is 14.0 Å². The highest BCUT2D eigenvalue weighted by atomic mass is 35.5. The summed E-state index contributed by atoms with van der Waals surface area (Å²) >= 11 is 5.84. The summed E-state index contributed by atoms with van der Waals surface area (Å²) in [5.41, 5.74) is 1.14. The first-order valence-corrected chi connectivity index (χ1v) is 8.84. The average molecular weight is 402 g/mol. The molecule has 0 saturated heterocycles. The summed E-state index contributed by atoms with van der Waals surface area (Å²) < 4.78 is 14.7. The third-order valence-electron chi connectivity index (χ3n) is 3.79. The molecule has 144 valence electrons. The van der Waals surface area contributed by atoms with Gasteiger partial charge in [-0.1, -0.05) is 17.7 Å². The Bertz CT molecular complexity index is 977. The van der Waals surface area contributed by atoms with E-state index in [1.54, 1.807) is 29.3 Å². The van der Waals surface area contributed by atoms with E-state index in [1.165, 1.54) is 6.07 Å². The normalized spacial score (nSPS) is 10.5. The number of aromatic nitrogens is 3. The minimum Gasteiger partial charge on any atom is -0.351 e. The van der Waals surface area contributed by atoms with Gasteiger partial charge in [0.25, 0.3) is 5.91 Å². The summed E-state index contributed by atoms with van der Waals surface area (Å²) in [5.74, 6) is -0.874. The van der Waals surface area contributed by atoms with Crippen molar-refractivity contribution in [2.45, 2.75) is 13.0 Å². The van der Waals surface area contributed by atoms with Crippen molar-refractivity contribution in [1.82, 2.24) is 20.1 Å². The van der Waals surface area contributed by atoms with Crippen molar-refractivity contribution in [1.29, 1.82) is 0 Å². The number of pyridine rings is 1. The highest BCUT2D eigenvalue weighted by Crippen LogP contribution is 2.17. The molecule has 2 amide bonds. The number of carbonyl (C=O) groups excluding carboxylic acids is 2. The van der Waals surface area contributed by atoms with Gasteiger partial charge in [-0.15, -0.1) is 0 Å². The molecule has 9 heteroatoms. The van der Waals surface area contributed by atoms with Gasteiger partial charge in [0, 0.05) is 37.6 Å². The third kappa shape index (κ3) is 5.37. The van der Waals surface area contributed by atoms with Gasteiger partial charge >= 0.3 is 0 Å². The molecule has 0 aliphatic carbocycles. The number of nitrogens with one attached hydrogen (secondary N) is 2. The van der Waals surface area contributed by atoms with Crippen molar-refractivity contribution in [3.63, 3.8) is 0 Å². The average Bonchev–Trinajstić information content (AvgIpc) is 3.09. The molecule has 0 spiro atoms. The van der Waals surface area contributed by atoms with Crippen molar-refractivity contribution in [3.8, 4) is 0 Å². The van der Waals surface area contributed by atoms with Gasteiger partial charge in [0.05, 0.1) is 17.1 Å². The maximum Gasteiger partial charge on any atom is 0.252 e. The van der Waals surface area contributed by atoms with Crippen LogP contribution in [0.25, 0.3) is 0 Å². The summed E-state index contributed by atoms with van der Waals surface area (Å²) in [6, 6.07) is 8.96. The van der Waals surface area contributed by atoms with Crippen LogP contribution in [0.4, 0.5) is 10.2 Å². The lowest BCUT2D eigenvalue weighted by molar-refractivity contribution is -0.116. The summed E-state index contributed by atoms with van der Waals surface area (Å²) in [6.45, 7) is 0.646. The number of anilines is 1. The van der Waals surface area contributed by atoms with Crippen LogP contribution in [0.2, 0.25) is 5.02 Å². The Kier molecular flexibility index (Phi) is 6.33. The van der Waals surface area contributed by atoms with Gasteiger partial charge in [-0.2, -0.15) is 5.10 Å². The Hall–Kier alpha value is -3.26. The SMILES string of the molecule is O=C(CCNC(=O)c1ccc(F)cc1Cl)Nc1ccn(Cc2cccnc2)n1. The van der Waals surface area contributed by atoms with E-state index in [1.807, 2.05) is 12.1 Å². The predicted octanol–water partition coefficient (Wildman–Crippen LogP) is 2.88. The van der Waals surface area contributed by atoms with Crippen LogP contribution in [0.15, 0.2) is 55.0 Å². The third-order valence-corrected chi connectivity index (χ3v) is 4.10. The predicted molar refractivity (Wildman–Crippen MR) is 103 cm³/mol. The lowest BCUT2D eigenvalue weighted by Crippen LogP contribution is -2.28. The smallest absolute Gasteiger partial charge is 0.252 e. The fourth-order valence-corrected chi connectivity index (χ4v) is 2.71. The monoisotopic (exact) mass is 401 g/mol. The number of nitrogens with zero attached hydrogens (tertiary/aromatic N) is 3. The second kappa shape index (κ2) is 9.09. The largest absolute Gasteiger partial charge is 0.351 e. The Morgan fingerprint density at radius 2 is 2.07 bits per heavy atom. The first-order valence-electron chi connectivity index (χ1n) is 8.47. The molecule has 0 saturated carbocycles. The van der Waals surface area contributed by atoms with E-state index in [0.717, 1.165) is 17.7 Å². The highest BCUT2D eigenvalue weighted by molar-refractivity contribution is 6.33. The highest BCUT2D eigenvalue weighted by Gasteiger charge is 2.12. The number of rotatable bonds is 7. The van der Waals surface area contributed by atoms with Crippen molar-refractivity contribution >= 4 is 29.2 Å². The van der Waals surface area contributed by atoms with E-state index in [0.29, 0.717) is 12.4 Å². The topological polar surface area (TPSA) is 88.9 Å². The number of hydrogen-bond acceptors (Lipinski definition) is 4. The Labute approximate surface area is 165 Å². The molecule has 0 unspecified atom stereocenters.